The van der Waals surface area contributed by atoms with E-state index in [2.05, 4.69) is 10.3 Å². The molecule has 0 bridgehead atoms. The molecular weight excluding hydrogens is 274 g/mol. The van der Waals surface area contributed by atoms with Crippen LogP contribution >= 0.6 is 11.8 Å². The highest BCUT2D eigenvalue weighted by molar-refractivity contribution is 8.00. The minimum absolute atomic E-state index is 0.0147. The first-order chi connectivity index (χ1) is 9.09. The summed E-state index contributed by atoms with van der Waals surface area (Å²) >= 11 is 1.18. The van der Waals surface area contributed by atoms with Crippen LogP contribution in [0, 0.1) is 0 Å². The molecule has 0 spiro atoms. The predicted molar refractivity (Wildman–Crippen MR) is 68.0 cm³/mol. The molecule has 0 aliphatic carbocycles. The molecule has 1 rings (SSSR count). The predicted octanol–water partition coefficient (Wildman–Crippen LogP) is -1.89. The van der Waals surface area contributed by atoms with Crippen LogP contribution in [-0.2, 0) is 24.0 Å². The Kier molecular flexibility index (Phi) is 7.23. The van der Waals surface area contributed by atoms with Gasteiger partial charge in [-0.05, 0) is 0 Å². The number of hydroxylamine groups is 1. The fraction of sp³-hybridized carbons (Fsp3) is 0.700. The van der Waals surface area contributed by atoms with Gasteiger partial charge in [0.1, 0.15) is 0 Å². The number of nitrogens with two attached hydrogens (primary N) is 1. The molecule has 0 unspecified atom stereocenters. The van der Waals surface area contributed by atoms with E-state index in [1.54, 1.807) is 4.90 Å². The van der Waals surface area contributed by atoms with Crippen molar-refractivity contribution >= 4 is 29.5 Å². The lowest BCUT2D eigenvalue weighted by molar-refractivity contribution is -0.136. The van der Waals surface area contributed by atoms with Crippen molar-refractivity contribution in [2.45, 2.75) is 0 Å². The molecule has 19 heavy (non-hydrogen) atoms. The number of nitrogens with one attached hydrogen (secondary N) is 1. The van der Waals surface area contributed by atoms with E-state index in [0.717, 1.165) is 0 Å². The average molecular weight is 291 g/mol. The molecule has 1 fully saturated rings. The summed E-state index contributed by atoms with van der Waals surface area (Å²) in [6.07, 6.45) is 0. The summed E-state index contributed by atoms with van der Waals surface area (Å²) in [6.45, 7) is 1.92. The van der Waals surface area contributed by atoms with E-state index >= 15 is 0 Å². The number of ether oxygens (including phenoxy) is 1. The summed E-state index contributed by atoms with van der Waals surface area (Å²) in [5.74, 6) is -0.798. The number of hydrogen-bond donors (Lipinski definition) is 2. The minimum Gasteiger partial charge on any atom is -0.378 e. The number of thioether (sulfide) groups is 1. The van der Waals surface area contributed by atoms with E-state index in [1.807, 2.05) is 0 Å². The Balaban J connectivity index is 2.06. The van der Waals surface area contributed by atoms with Crippen molar-refractivity contribution in [1.29, 1.82) is 0 Å². The number of amides is 3. The zero-order valence-corrected chi connectivity index (χ0v) is 11.2. The summed E-state index contributed by atoms with van der Waals surface area (Å²) in [6, 6.07) is 0. The third kappa shape index (κ3) is 6.99. The van der Waals surface area contributed by atoms with Crippen LogP contribution in [0.25, 0.3) is 0 Å². The van der Waals surface area contributed by atoms with E-state index in [4.69, 9.17) is 10.5 Å². The second-order valence-electron chi connectivity index (χ2n) is 3.77. The van der Waals surface area contributed by atoms with Gasteiger partial charge in [0.05, 0.1) is 24.7 Å². The van der Waals surface area contributed by atoms with Crippen LogP contribution in [-0.4, -0.2) is 67.0 Å². The van der Waals surface area contributed by atoms with Crippen molar-refractivity contribution in [3.63, 3.8) is 0 Å². The standard InChI is InChI=1S/C10H17N3O5S/c11-8(14)5-18-12-9(15)6-19-7-10(16)13-1-3-17-4-2-13/h1-7H2,(H2,11,14)(H,12,15). The highest BCUT2D eigenvalue weighted by Gasteiger charge is 2.16. The van der Waals surface area contributed by atoms with Gasteiger partial charge in [0, 0.05) is 13.1 Å². The maximum atomic E-state index is 11.7. The molecule has 0 aromatic carbocycles. The largest absolute Gasteiger partial charge is 0.378 e. The summed E-state index contributed by atoms with van der Waals surface area (Å²) in [5.41, 5.74) is 6.88. The highest BCUT2D eigenvalue weighted by Crippen LogP contribution is 2.04. The van der Waals surface area contributed by atoms with Gasteiger partial charge in [-0.1, -0.05) is 0 Å². The monoisotopic (exact) mass is 291 g/mol. The molecule has 9 heteroatoms. The molecule has 0 aromatic rings. The second-order valence-corrected chi connectivity index (χ2v) is 4.75. The van der Waals surface area contributed by atoms with Crippen LogP contribution in [0.3, 0.4) is 0 Å². The lowest BCUT2D eigenvalue weighted by Crippen LogP contribution is -2.41. The minimum atomic E-state index is -0.671. The molecule has 108 valence electrons. The normalized spacial score (nSPS) is 15.1. The van der Waals surface area contributed by atoms with Crippen molar-refractivity contribution in [3.8, 4) is 0 Å². The van der Waals surface area contributed by atoms with Crippen LogP contribution in [0.4, 0.5) is 0 Å². The summed E-state index contributed by atoms with van der Waals surface area (Å²) in [5, 5.41) is 0. The second kappa shape index (κ2) is 8.73. The zero-order valence-electron chi connectivity index (χ0n) is 10.4. The van der Waals surface area contributed by atoms with Crippen molar-refractivity contribution in [2.75, 3.05) is 44.4 Å². The lowest BCUT2D eigenvalue weighted by atomic mass is 10.4. The number of carbonyl (C=O) groups excluding carboxylic acids is 3. The topological polar surface area (TPSA) is 111 Å². The van der Waals surface area contributed by atoms with Crippen molar-refractivity contribution in [1.82, 2.24) is 10.4 Å². The first-order valence-corrected chi connectivity index (χ1v) is 6.87. The highest BCUT2D eigenvalue weighted by atomic mass is 32.2. The van der Waals surface area contributed by atoms with Crippen LogP contribution in [0.1, 0.15) is 0 Å². The maximum Gasteiger partial charge on any atom is 0.253 e. The zero-order chi connectivity index (χ0) is 14.1. The Morgan fingerprint density at radius 1 is 1.26 bits per heavy atom. The van der Waals surface area contributed by atoms with Crippen LogP contribution in [0.15, 0.2) is 0 Å². The molecule has 1 aliphatic heterocycles. The van der Waals surface area contributed by atoms with Gasteiger partial charge in [0.15, 0.2) is 6.61 Å². The van der Waals surface area contributed by atoms with E-state index in [1.165, 1.54) is 11.8 Å². The fourth-order valence-electron chi connectivity index (χ4n) is 1.35. The first kappa shape index (κ1) is 15.7. The number of carbonyl (C=O) groups is 3. The molecule has 1 aliphatic rings. The molecule has 0 atom stereocenters. The van der Waals surface area contributed by atoms with E-state index in [0.29, 0.717) is 26.3 Å². The molecule has 3 amide bonds. The van der Waals surface area contributed by atoms with Gasteiger partial charge >= 0.3 is 0 Å². The lowest BCUT2D eigenvalue weighted by Gasteiger charge is -2.26. The molecule has 1 saturated heterocycles. The van der Waals surface area contributed by atoms with Gasteiger partial charge in [-0.3, -0.25) is 19.2 Å². The van der Waals surface area contributed by atoms with Gasteiger partial charge in [-0.15, -0.1) is 11.8 Å². The van der Waals surface area contributed by atoms with Crippen molar-refractivity contribution in [2.24, 2.45) is 5.73 Å². The van der Waals surface area contributed by atoms with E-state index in [9.17, 15) is 14.4 Å². The SMILES string of the molecule is NC(=O)CONC(=O)CSCC(=O)N1CCOCC1. The number of hydrogen-bond acceptors (Lipinski definition) is 6. The van der Waals surface area contributed by atoms with Gasteiger partial charge in [0.2, 0.25) is 11.8 Å². The molecule has 8 nitrogen and oxygen atoms in total. The van der Waals surface area contributed by atoms with Gasteiger partial charge in [-0.2, -0.15) is 0 Å². The van der Waals surface area contributed by atoms with Gasteiger partial charge in [-0.25, -0.2) is 5.48 Å². The molecule has 3 N–H and O–H groups in total. The van der Waals surface area contributed by atoms with Gasteiger partial charge < -0.3 is 15.4 Å². The summed E-state index contributed by atoms with van der Waals surface area (Å²) in [4.78, 5) is 39.5. The van der Waals surface area contributed by atoms with E-state index in [-0.39, 0.29) is 24.0 Å². The van der Waals surface area contributed by atoms with Gasteiger partial charge in [0.25, 0.3) is 5.91 Å². The molecule has 0 radical (unpaired) electrons. The Hall–Kier alpha value is -1.32. The number of morpholine rings is 1. The fourth-order valence-corrected chi connectivity index (χ4v) is 2.06. The molecule has 0 saturated carbocycles. The smallest absolute Gasteiger partial charge is 0.253 e. The molecule has 1 heterocycles. The molecule has 0 aromatic heterocycles. The Morgan fingerprint density at radius 3 is 2.58 bits per heavy atom. The van der Waals surface area contributed by atoms with Crippen LogP contribution < -0.4 is 11.2 Å². The third-order valence-electron chi connectivity index (χ3n) is 2.22. The maximum absolute atomic E-state index is 11.7. The summed E-state index contributed by atoms with van der Waals surface area (Å²) < 4.78 is 5.14. The Bertz CT molecular complexity index is 333. The third-order valence-corrected chi connectivity index (χ3v) is 3.14. The number of nitrogens with zero attached hydrogens (tertiary/aromatic N) is 1. The van der Waals surface area contributed by atoms with Crippen LogP contribution in [0.5, 0.6) is 0 Å². The van der Waals surface area contributed by atoms with Crippen LogP contribution in [0.2, 0.25) is 0 Å². The average Bonchev–Trinajstić information content (AvgIpc) is 2.39. The molecular formula is C10H17N3O5S. The Labute approximate surface area is 114 Å². The number of rotatable bonds is 7. The quantitative estimate of drug-likeness (QED) is 0.531. The summed E-state index contributed by atoms with van der Waals surface area (Å²) in [7, 11) is 0. The van der Waals surface area contributed by atoms with Crippen molar-refractivity contribution in [3.05, 3.63) is 0 Å². The Morgan fingerprint density at radius 2 is 1.95 bits per heavy atom. The first-order valence-electron chi connectivity index (χ1n) is 5.72. The van der Waals surface area contributed by atoms with E-state index < -0.39 is 11.8 Å². The van der Waals surface area contributed by atoms with Crippen molar-refractivity contribution < 1.29 is 24.0 Å². The number of primary amides is 1.